The molecule has 2 N–H and O–H groups in total. The van der Waals surface area contributed by atoms with Gasteiger partial charge in [0.05, 0.1) is 18.0 Å². The first kappa shape index (κ1) is 14.8. The van der Waals surface area contributed by atoms with Crippen LogP contribution in [-0.2, 0) is 4.79 Å². The van der Waals surface area contributed by atoms with Gasteiger partial charge < -0.3 is 19.8 Å². The molecule has 0 saturated carbocycles. The molecule has 1 aromatic rings. The molecular weight excluding hydrogens is 282 g/mol. The van der Waals surface area contributed by atoms with Crippen LogP contribution < -0.4 is 4.74 Å². The number of ether oxygens (including phenoxy) is 1. The number of aliphatic hydroxyl groups is 2. The summed E-state index contributed by atoms with van der Waals surface area (Å²) in [6.45, 7) is 2.13. The summed E-state index contributed by atoms with van der Waals surface area (Å²) in [7, 11) is 0. The lowest BCUT2D eigenvalue weighted by Crippen LogP contribution is -2.55. The van der Waals surface area contributed by atoms with E-state index in [1.807, 2.05) is 24.3 Å². The van der Waals surface area contributed by atoms with Crippen molar-refractivity contribution in [3.05, 3.63) is 47.7 Å². The molecule has 0 radical (unpaired) electrons. The molecule has 2 aliphatic rings. The molecule has 1 amide bonds. The fourth-order valence-corrected chi connectivity index (χ4v) is 2.63. The lowest BCUT2D eigenvalue weighted by molar-refractivity contribution is -0.142. The number of hydrogen-bond acceptors (Lipinski definition) is 4. The predicted molar refractivity (Wildman–Crippen MR) is 82.0 cm³/mol. The van der Waals surface area contributed by atoms with E-state index in [0.717, 1.165) is 5.56 Å². The van der Waals surface area contributed by atoms with Crippen LogP contribution in [0.2, 0.25) is 0 Å². The largest absolute Gasteiger partial charge is 0.464 e. The van der Waals surface area contributed by atoms with Crippen LogP contribution in [0, 0.1) is 0 Å². The first-order valence-electron chi connectivity index (χ1n) is 7.31. The van der Waals surface area contributed by atoms with E-state index in [9.17, 15) is 15.0 Å². The van der Waals surface area contributed by atoms with Gasteiger partial charge in [-0.2, -0.15) is 0 Å². The van der Waals surface area contributed by atoms with Crippen molar-refractivity contribution in [3.8, 4) is 5.75 Å². The molecule has 1 saturated heterocycles. The van der Waals surface area contributed by atoms with Crippen LogP contribution in [0.15, 0.2) is 42.2 Å². The number of fused-ring (bicyclic) bond motifs is 1. The molecular formula is C17H19NO4. The molecule has 2 heterocycles. The molecule has 1 fully saturated rings. The van der Waals surface area contributed by atoms with Crippen molar-refractivity contribution in [1.82, 2.24) is 4.90 Å². The Labute approximate surface area is 129 Å². The van der Waals surface area contributed by atoms with Crippen LogP contribution >= 0.6 is 0 Å². The van der Waals surface area contributed by atoms with Gasteiger partial charge in [-0.25, -0.2) is 0 Å². The molecule has 5 nitrogen and oxygen atoms in total. The average molecular weight is 301 g/mol. The second kappa shape index (κ2) is 5.59. The van der Waals surface area contributed by atoms with Crippen LogP contribution in [0.25, 0.3) is 6.08 Å². The third-order valence-corrected chi connectivity index (χ3v) is 4.21. The quantitative estimate of drug-likeness (QED) is 0.821. The Morgan fingerprint density at radius 1 is 1.41 bits per heavy atom. The van der Waals surface area contributed by atoms with Crippen molar-refractivity contribution in [2.75, 3.05) is 13.1 Å². The summed E-state index contributed by atoms with van der Waals surface area (Å²) in [6.07, 6.45) is 4.31. The topological polar surface area (TPSA) is 70.0 Å². The third kappa shape index (κ3) is 2.77. The normalized spacial score (nSPS) is 27.5. The number of para-hydroxylation sites is 1. The monoisotopic (exact) mass is 301 g/mol. The van der Waals surface area contributed by atoms with Crippen LogP contribution in [0.1, 0.15) is 18.9 Å². The Morgan fingerprint density at radius 2 is 2.18 bits per heavy atom. The number of amides is 1. The van der Waals surface area contributed by atoms with E-state index in [1.54, 1.807) is 24.0 Å². The second-order valence-electron chi connectivity index (χ2n) is 5.93. The molecule has 0 aliphatic carbocycles. The van der Waals surface area contributed by atoms with E-state index in [0.29, 0.717) is 24.3 Å². The maximum Gasteiger partial charge on any atom is 0.254 e. The summed E-state index contributed by atoms with van der Waals surface area (Å²) in [5.41, 5.74) is 0.194. The highest BCUT2D eigenvalue weighted by Crippen LogP contribution is 2.27. The van der Waals surface area contributed by atoms with Gasteiger partial charge in [0.25, 0.3) is 5.91 Å². The van der Waals surface area contributed by atoms with Crippen molar-refractivity contribution in [3.63, 3.8) is 0 Å². The summed E-state index contributed by atoms with van der Waals surface area (Å²) in [5.74, 6) is 0.522. The van der Waals surface area contributed by atoms with Crippen molar-refractivity contribution in [1.29, 1.82) is 0 Å². The van der Waals surface area contributed by atoms with Crippen molar-refractivity contribution in [2.45, 2.75) is 25.0 Å². The van der Waals surface area contributed by atoms with Crippen molar-refractivity contribution in [2.24, 2.45) is 0 Å². The maximum atomic E-state index is 12.6. The summed E-state index contributed by atoms with van der Waals surface area (Å²) >= 11 is 0. The van der Waals surface area contributed by atoms with E-state index in [1.165, 1.54) is 6.26 Å². The highest BCUT2D eigenvalue weighted by molar-refractivity contribution is 6.01. The number of likely N-dealkylation sites (tertiary alicyclic amines) is 1. The lowest BCUT2D eigenvalue weighted by Gasteiger charge is -2.40. The molecule has 5 heteroatoms. The number of carbonyl (C=O) groups excluding carboxylic acids is 1. The summed E-state index contributed by atoms with van der Waals surface area (Å²) in [4.78, 5) is 14.2. The number of nitrogens with zero attached hydrogens (tertiary/aromatic N) is 1. The molecule has 1 aromatic carbocycles. The first-order valence-corrected chi connectivity index (χ1v) is 7.31. The average Bonchev–Trinajstić information content (AvgIpc) is 2.71. The minimum Gasteiger partial charge on any atom is -0.464 e. The molecule has 0 bridgehead atoms. The van der Waals surface area contributed by atoms with Crippen LogP contribution in [-0.4, -0.2) is 45.8 Å². The first-order chi connectivity index (χ1) is 10.5. The highest BCUT2D eigenvalue weighted by Gasteiger charge is 2.38. The van der Waals surface area contributed by atoms with Gasteiger partial charge in [-0.3, -0.25) is 4.79 Å². The zero-order chi connectivity index (χ0) is 15.7. The standard InChI is InChI=1S/C17H19NO4/c1-17(21)7-8-18(11-15(17)19)16(20)13-6-9-22-14-5-3-2-4-12(14)10-13/h2-6,9-10,15,19,21H,7-8,11H2,1H3/t15-,17-/m0/s1. The molecule has 0 spiro atoms. The number of rotatable bonds is 1. The molecule has 0 unspecified atom stereocenters. The Hall–Kier alpha value is -2.11. The van der Waals surface area contributed by atoms with Gasteiger partial charge in [-0.05, 0) is 31.6 Å². The number of aliphatic hydroxyl groups excluding tert-OH is 1. The molecule has 2 aliphatic heterocycles. The zero-order valence-corrected chi connectivity index (χ0v) is 12.4. The number of carbonyl (C=O) groups is 1. The van der Waals surface area contributed by atoms with Crippen LogP contribution in [0.4, 0.5) is 0 Å². The van der Waals surface area contributed by atoms with E-state index >= 15 is 0 Å². The molecule has 22 heavy (non-hydrogen) atoms. The number of hydrogen-bond donors (Lipinski definition) is 2. The fourth-order valence-electron chi connectivity index (χ4n) is 2.63. The van der Waals surface area contributed by atoms with Gasteiger partial charge in [0, 0.05) is 24.2 Å². The van der Waals surface area contributed by atoms with E-state index in [4.69, 9.17) is 4.74 Å². The van der Waals surface area contributed by atoms with E-state index in [2.05, 4.69) is 0 Å². The van der Waals surface area contributed by atoms with Gasteiger partial charge in [0.2, 0.25) is 0 Å². The predicted octanol–water partition coefficient (Wildman–Crippen LogP) is 1.32. The van der Waals surface area contributed by atoms with Crippen LogP contribution in [0.3, 0.4) is 0 Å². The molecule has 2 atom stereocenters. The summed E-state index contributed by atoms with van der Waals surface area (Å²) < 4.78 is 5.48. The Bertz CT molecular complexity index is 648. The summed E-state index contributed by atoms with van der Waals surface area (Å²) in [6, 6.07) is 7.47. The van der Waals surface area contributed by atoms with E-state index in [-0.39, 0.29) is 12.5 Å². The third-order valence-electron chi connectivity index (χ3n) is 4.21. The lowest BCUT2D eigenvalue weighted by atomic mass is 9.90. The molecule has 3 rings (SSSR count). The van der Waals surface area contributed by atoms with Gasteiger partial charge >= 0.3 is 0 Å². The van der Waals surface area contributed by atoms with Crippen LogP contribution in [0.5, 0.6) is 5.75 Å². The van der Waals surface area contributed by atoms with Crippen molar-refractivity contribution >= 4 is 12.0 Å². The van der Waals surface area contributed by atoms with Gasteiger partial charge in [0.1, 0.15) is 5.75 Å². The molecule has 0 aromatic heterocycles. The highest BCUT2D eigenvalue weighted by atomic mass is 16.5. The fraction of sp³-hybridized carbons (Fsp3) is 0.353. The second-order valence-corrected chi connectivity index (χ2v) is 5.93. The van der Waals surface area contributed by atoms with E-state index < -0.39 is 11.7 Å². The minimum atomic E-state index is -1.14. The summed E-state index contributed by atoms with van der Waals surface area (Å²) in [5, 5.41) is 20.0. The Morgan fingerprint density at radius 3 is 2.95 bits per heavy atom. The maximum absolute atomic E-state index is 12.6. The van der Waals surface area contributed by atoms with Gasteiger partial charge in [0.15, 0.2) is 0 Å². The minimum absolute atomic E-state index is 0.125. The zero-order valence-electron chi connectivity index (χ0n) is 12.4. The number of benzene rings is 1. The van der Waals surface area contributed by atoms with Crippen molar-refractivity contribution < 1.29 is 19.7 Å². The SMILES string of the molecule is C[C@]1(O)CCN(C(=O)C2=Cc3ccccc3OC=C2)C[C@@H]1O. The molecule has 116 valence electrons. The smallest absolute Gasteiger partial charge is 0.254 e. The Kier molecular flexibility index (Phi) is 3.76. The number of piperidine rings is 1. The number of β-amino-alcohol motifs (C(OH)–C–C–N with tert-alkyl or cyclic N) is 1. The Balaban J connectivity index is 1.82. The van der Waals surface area contributed by atoms with Gasteiger partial charge in [-0.1, -0.05) is 18.2 Å². The van der Waals surface area contributed by atoms with Gasteiger partial charge in [-0.15, -0.1) is 0 Å².